The monoisotopic (exact) mass is 337 g/mol. The topological polar surface area (TPSA) is 60.9 Å². The molecule has 1 aliphatic heterocycles. The van der Waals surface area contributed by atoms with E-state index in [1.807, 2.05) is 12.1 Å². The highest BCUT2D eigenvalue weighted by atomic mass is 35.5. The Balaban J connectivity index is 1.77. The van der Waals surface area contributed by atoms with Crippen molar-refractivity contribution < 1.29 is 14.4 Å². The summed E-state index contributed by atoms with van der Waals surface area (Å²) in [5, 5.41) is 0.660. The Hall–Kier alpha value is -2.08. The number of carbonyl (C=O) groups is 3. The molecule has 1 aromatic rings. The molecule has 0 saturated carbocycles. The van der Waals surface area contributed by atoms with Crippen LogP contribution in [0.5, 0.6) is 0 Å². The van der Waals surface area contributed by atoms with Gasteiger partial charge in [-0.2, -0.15) is 0 Å². The predicted octanol–water partition coefficient (Wildman–Crippen LogP) is 1.97. The second-order valence-electron chi connectivity index (χ2n) is 5.66. The molecule has 0 radical (unpaired) electrons. The maximum absolute atomic E-state index is 12.1. The van der Waals surface area contributed by atoms with E-state index in [0.717, 1.165) is 5.56 Å². The first-order valence-corrected chi connectivity index (χ1v) is 7.80. The molecule has 1 saturated heterocycles. The number of likely N-dealkylation sites (N-methyl/N-ethyl adjacent to an activating group) is 1. The molecule has 0 atom stereocenters. The zero-order valence-electron chi connectivity index (χ0n) is 13.3. The van der Waals surface area contributed by atoms with E-state index >= 15 is 0 Å². The molecule has 0 bridgehead atoms. The van der Waals surface area contributed by atoms with Crippen LogP contribution in [0.3, 0.4) is 0 Å². The van der Waals surface area contributed by atoms with Crippen LogP contribution >= 0.6 is 11.6 Å². The molecule has 1 heterocycles. The van der Waals surface area contributed by atoms with Crippen LogP contribution in [0, 0.1) is 0 Å². The van der Waals surface area contributed by atoms with Gasteiger partial charge in [0.2, 0.25) is 11.8 Å². The lowest BCUT2D eigenvalue weighted by Crippen LogP contribution is -2.33. The van der Waals surface area contributed by atoms with Gasteiger partial charge in [-0.05, 0) is 24.1 Å². The Labute approximate surface area is 140 Å². The zero-order chi connectivity index (χ0) is 17.0. The van der Waals surface area contributed by atoms with Crippen molar-refractivity contribution >= 4 is 29.4 Å². The van der Waals surface area contributed by atoms with E-state index in [2.05, 4.69) is 0 Å². The third kappa shape index (κ3) is 4.45. The highest BCUT2D eigenvalue weighted by molar-refractivity contribution is 6.30. The molecule has 1 aromatic carbocycles. The second-order valence-corrected chi connectivity index (χ2v) is 6.10. The van der Waals surface area contributed by atoms with Gasteiger partial charge in [0.25, 0.3) is 0 Å². The molecule has 1 fully saturated rings. The van der Waals surface area contributed by atoms with Gasteiger partial charge in [0.15, 0.2) is 0 Å². The van der Waals surface area contributed by atoms with E-state index in [9.17, 15) is 14.4 Å². The highest BCUT2D eigenvalue weighted by Crippen LogP contribution is 2.12. The predicted molar refractivity (Wildman–Crippen MR) is 86.9 cm³/mol. The standard InChI is InChI=1S/C16H20ClN3O3/c1-18(10-12-5-7-13(17)8-6-12)14(21)4-3-9-20-15(22)11-19(2)16(20)23/h5-8H,3-4,9-11H2,1-2H3. The Morgan fingerprint density at radius 3 is 2.48 bits per heavy atom. The van der Waals surface area contributed by atoms with E-state index in [4.69, 9.17) is 11.6 Å². The number of amides is 4. The molecule has 23 heavy (non-hydrogen) atoms. The molecule has 0 aromatic heterocycles. The molecular weight excluding hydrogens is 318 g/mol. The van der Waals surface area contributed by atoms with Crippen LogP contribution in [-0.4, -0.2) is 59.7 Å². The highest BCUT2D eigenvalue weighted by Gasteiger charge is 2.32. The molecule has 0 unspecified atom stereocenters. The van der Waals surface area contributed by atoms with E-state index < -0.39 is 0 Å². The number of hydrogen-bond donors (Lipinski definition) is 0. The summed E-state index contributed by atoms with van der Waals surface area (Å²) >= 11 is 5.83. The van der Waals surface area contributed by atoms with Crippen molar-refractivity contribution in [1.82, 2.24) is 14.7 Å². The zero-order valence-corrected chi connectivity index (χ0v) is 14.0. The molecule has 124 valence electrons. The van der Waals surface area contributed by atoms with Gasteiger partial charge in [0.1, 0.15) is 6.54 Å². The Morgan fingerprint density at radius 2 is 1.91 bits per heavy atom. The van der Waals surface area contributed by atoms with Crippen LogP contribution in [-0.2, 0) is 16.1 Å². The minimum Gasteiger partial charge on any atom is -0.341 e. The molecule has 1 aliphatic rings. The van der Waals surface area contributed by atoms with Gasteiger partial charge in [-0.15, -0.1) is 0 Å². The maximum Gasteiger partial charge on any atom is 0.326 e. The summed E-state index contributed by atoms with van der Waals surface area (Å²) in [5.41, 5.74) is 0.997. The second kappa shape index (κ2) is 7.46. The Kier molecular flexibility index (Phi) is 5.60. The van der Waals surface area contributed by atoms with Gasteiger partial charge in [0.05, 0.1) is 0 Å². The van der Waals surface area contributed by atoms with E-state index in [1.165, 1.54) is 9.80 Å². The normalized spacial score (nSPS) is 14.6. The van der Waals surface area contributed by atoms with Gasteiger partial charge < -0.3 is 9.80 Å². The molecule has 2 rings (SSSR count). The fourth-order valence-electron chi connectivity index (χ4n) is 2.42. The summed E-state index contributed by atoms with van der Waals surface area (Å²) < 4.78 is 0. The smallest absolute Gasteiger partial charge is 0.326 e. The first-order chi connectivity index (χ1) is 10.9. The van der Waals surface area contributed by atoms with E-state index in [1.54, 1.807) is 31.1 Å². The van der Waals surface area contributed by atoms with Crippen LogP contribution in [0.4, 0.5) is 4.79 Å². The third-order valence-corrected chi connectivity index (χ3v) is 4.01. The number of carbonyl (C=O) groups excluding carboxylic acids is 3. The van der Waals surface area contributed by atoms with Gasteiger partial charge in [-0.25, -0.2) is 4.79 Å². The van der Waals surface area contributed by atoms with Crippen molar-refractivity contribution in [3.63, 3.8) is 0 Å². The van der Waals surface area contributed by atoms with Gasteiger partial charge in [-0.1, -0.05) is 23.7 Å². The van der Waals surface area contributed by atoms with Gasteiger partial charge >= 0.3 is 6.03 Å². The van der Waals surface area contributed by atoms with Crippen LogP contribution in [0.15, 0.2) is 24.3 Å². The third-order valence-electron chi connectivity index (χ3n) is 3.76. The van der Waals surface area contributed by atoms with Crippen LogP contribution in [0.1, 0.15) is 18.4 Å². The number of imide groups is 1. The van der Waals surface area contributed by atoms with Crippen molar-refractivity contribution in [2.24, 2.45) is 0 Å². The summed E-state index contributed by atoms with van der Waals surface area (Å²) in [6, 6.07) is 7.04. The molecule has 0 spiro atoms. The van der Waals surface area contributed by atoms with Crippen molar-refractivity contribution in [2.45, 2.75) is 19.4 Å². The summed E-state index contributed by atoms with van der Waals surface area (Å²) in [5.74, 6) is -0.230. The molecule has 0 N–H and O–H groups in total. The maximum atomic E-state index is 12.1. The fourth-order valence-corrected chi connectivity index (χ4v) is 2.55. The SMILES string of the molecule is CN(Cc1ccc(Cl)cc1)C(=O)CCCN1C(=O)CN(C)C1=O. The first-order valence-electron chi connectivity index (χ1n) is 7.42. The largest absolute Gasteiger partial charge is 0.341 e. The summed E-state index contributed by atoms with van der Waals surface area (Å²) in [4.78, 5) is 39.7. The van der Waals surface area contributed by atoms with Gasteiger partial charge in [0, 0.05) is 38.6 Å². The van der Waals surface area contributed by atoms with Crippen LogP contribution < -0.4 is 0 Å². The van der Waals surface area contributed by atoms with Crippen LogP contribution in [0.2, 0.25) is 5.02 Å². The Morgan fingerprint density at radius 1 is 1.26 bits per heavy atom. The van der Waals surface area contributed by atoms with Crippen molar-refractivity contribution in [3.8, 4) is 0 Å². The minimum absolute atomic E-state index is 0.0209. The quantitative estimate of drug-likeness (QED) is 0.746. The lowest BCUT2D eigenvalue weighted by Gasteiger charge is -2.18. The van der Waals surface area contributed by atoms with Crippen molar-refractivity contribution in [2.75, 3.05) is 27.2 Å². The number of rotatable bonds is 6. The average molecular weight is 338 g/mol. The van der Waals surface area contributed by atoms with Crippen molar-refractivity contribution in [1.29, 1.82) is 0 Å². The summed E-state index contributed by atoms with van der Waals surface area (Å²) in [6.07, 6.45) is 0.764. The fraction of sp³-hybridized carbons (Fsp3) is 0.438. The number of hydrogen-bond acceptors (Lipinski definition) is 3. The van der Waals surface area contributed by atoms with Gasteiger partial charge in [-0.3, -0.25) is 14.5 Å². The lowest BCUT2D eigenvalue weighted by atomic mass is 10.2. The number of benzene rings is 1. The lowest BCUT2D eigenvalue weighted by molar-refractivity contribution is -0.131. The molecule has 7 heteroatoms. The Bertz CT molecular complexity index is 603. The molecule has 6 nitrogen and oxygen atoms in total. The summed E-state index contributed by atoms with van der Waals surface area (Å²) in [7, 11) is 3.32. The number of urea groups is 1. The number of nitrogens with zero attached hydrogens (tertiary/aromatic N) is 3. The average Bonchev–Trinajstić information content (AvgIpc) is 2.75. The molecular formula is C16H20ClN3O3. The summed E-state index contributed by atoms with van der Waals surface area (Å²) in [6.45, 7) is 0.895. The number of halogens is 1. The van der Waals surface area contributed by atoms with E-state index in [-0.39, 0.29) is 30.9 Å². The molecule has 0 aliphatic carbocycles. The first kappa shape index (κ1) is 17.3. The molecule has 4 amide bonds. The minimum atomic E-state index is -0.294. The van der Waals surface area contributed by atoms with Crippen LogP contribution in [0.25, 0.3) is 0 Å². The van der Waals surface area contributed by atoms with Crippen molar-refractivity contribution in [3.05, 3.63) is 34.9 Å². The van der Waals surface area contributed by atoms with E-state index in [0.29, 0.717) is 24.4 Å².